The summed E-state index contributed by atoms with van der Waals surface area (Å²) in [5, 5.41) is 2.96. The van der Waals surface area contributed by atoms with Gasteiger partial charge in [-0.1, -0.05) is 36.8 Å². The van der Waals surface area contributed by atoms with Crippen molar-refractivity contribution in [2.24, 2.45) is 5.92 Å². The highest BCUT2D eigenvalue weighted by molar-refractivity contribution is 5.91. The predicted molar refractivity (Wildman–Crippen MR) is 118 cm³/mol. The highest BCUT2D eigenvalue weighted by Crippen LogP contribution is 2.40. The summed E-state index contributed by atoms with van der Waals surface area (Å²) in [5.74, 6) is 2.26. The van der Waals surface area contributed by atoms with Crippen LogP contribution in [0.2, 0.25) is 0 Å². The van der Waals surface area contributed by atoms with E-state index in [4.69, 9.17) is 14.2 Å². The first kappa shape index (κ1) is 22.0. The lowest BCUT2D eigenvalue weighted by Crippen LogP contribution is -2.34. The molecule has 1 fully saturated rings. The molecule has 2 aromatic carbocycles. The fourth-order valence-corrected chi connectivity index (χ4v) is 3.75. The number of amides is 1. The summed E-state index contributed by atoms with van der Waals surface area (Å²) < 4.78 is 16.1. The molecule has 1 N–H and O–H groups in total. The van der Waals surface area contributed by atoms with Crippen molar-refractivity contribution >= 4 is 11.6 Å². The zero-order valence-electron chi connectivity index (χ0n) is 18.1. The van der Waals surface area contributed by atoms with E-state index in [0.717, 1.165) is 25.6 Å². The number of hydrogen-bond donors (Lipinski definition) is 1. The van der Waals surface area contributed by atoms with E-state index in [2.05, 4.69) is 34.5 Å². The van der Waals surface area contributed by atoms with Crippen molar-refractivity contribution in [3.63, 3.8) is 0 Å². The van der Waals surface area contributed by atoms with Gasteiger partial charge in [-0.2, -0.15) is 0 Å². The normalized spacial score (nSPS) is 13.6. The number of nitrogens with one attached hydrogen (secondary N) is 1. The highest BCUT2D eigenvalue weighted by Gasteiger charge is 2.21. The Morgan fingerprint density at radius 2 is 1.70 bits per heavy atom. The second-order valence-electron chi connectivity index (χ2n) is 7.73. The van der Waals surface area contributed by atoms with Crippen LogP contribution in [0.4, 0.5) is 5.69 Å². The lowest BCUT2D eigenvalue weighted by Gasteiger charge is -2.32. The largest absolute Gasteiger partial charge is 0.493 e. The average Bonchev–Trinajstić information content (AvgIpc) is 2.74. The van der Waals surface area contributed by atoms with Gasteiger partial charge in [0.25, 0.3) is 0 Å². The number of anilines is 1. The first-order chi connectivity index (χ1) is 14.6. The summed E-state index contributed by atoms with van der Waals surface area (Å²) in [6, 6.07) is 13.9. The van der Waals surface area contributed by atoms with Gasteiger partial charge >= 0.3 is 0 Å². The lowest BCUT2D eigenvalue weighted by molar-refractivity contribution is -0.116. The quantitative estimate of drug-likeness (QED) is 0.595. The van der Waals surface area contributed by atoms with Gasteiger partial charge in [0.2, 0.25) is 11.7 Å². The molecule has 0 unspecified atom stereocenters. The molecule has 0 radical (unpaired) electrons. The van der Waals surface area contributed by atoms with Crippen molar-refractivity contribution in [2.45, 2.75) is 32.2 Å². The molecule has 1 saturated carbocycles. The minimum absolute atomic E-state index is 0.0315. The van der Waals surface area contributed by atoms with Crippen LogP contribution in [-0.4, -0.2) is 45.2 Å². The molecule has 30 heavy (non-hydrogen) atoms. The van der Waals surface area contributed by atoms with Crippen LogP contribution < -0.4 is 19.5 Å². The Morgan fingerprint density at radius 1 is 1.03 bits per heavy atom. The second-order valence-corrected chi connectivity index (χ2v) is 7.73. The van der Waals surface area contributed by atoms with Crippen LogP contribution in [0.3, 0.4) is 0 Å². The standard InChI is InChI=1S/C24H32N2O4/c1-28-21-14-20(15-22(29-2)24(21)30-3)25-23(27)12-13-26(17-19-10-7-11-19)16-18-8-5-4-6-9-18/h4-6,8-9,14-15,19H,7,10-13,16-17H2,1-3H3,(H,25,27). The number of carbonyl (C=O) groups is 1. The van der Waals surface area contributed by atoms with Gasteiger partial charge in [-0.3, -0.25) is 9.69 Å². The van der Waals surface area contributed by atoms with Crippen LogP contribution in [0.5, 0.6) is 17.2 Å². The van der Waals surface area contributed by atoms with Gasteiger partial charge < -0.3 is 19.5 Å². The van der Waals surface area contributed by atoms with Gasteiger partial charge in [0, 0.05) is 43.9 Å². The van der Waals surface area contributed by atoms with Crippen molar-refractivity contribution in [1.29, 1.82) is 0 Å². The molecule has 1 amide bonds. The van der Waals surface area contributed by atoms with Crippen LogP contribution in [0.25, 0.3) is 0 Å². The molecule has 0 bridgehead atoms. The first-order valence-electron chi connectivity index (χ1n) is 10.5. The second kappa shape index (κ2) is 10.9. The Balaban J connectivity index is 1.60. The van der Waals surface area contributed by atoms with Gasteiger partial charge in [-0.05, 0) is 24.3 Å². The summed E-state index contributed by atoms with van der Waals surface area (Å²) in [7, 11) is 4.68. The van der Waals surface area contributed by atoms with Crippen molar-refractivity contribution < 1.29 is 19.0 Å². The molecule has 6 heteroatoms. The Labute approximate surface area is 179 Å². The Kier molecular flexibility index (Phi) is 7.97. The summed E-state index contributed by atoms with van der Waals surface area (Å²) in [5.41, 5.74) is 1.91. The fraction of sp³-hybridized carbons (Fsp3) is 0.458. The maximum Gasteiger partial charge on any atom is 0.225 e. The molecule has 1 aliphatic carbocycles. The van der Waals surface area contributed by atoms with E-state index in [-0.39, 0.29) is 5.91 Å². The van der Waals surface area contributed by atoms with E-state index in [1.165, 1.54) is 24.8 Å². The first-order valence-corrected chi connectivity index (χ1v) is 10.5. The molecule has 0 aromatic heterocycles. The van der Waals surface area contributed by atoms with Gasteiger partial charge in [0.05, 0.1) is 21.3 Å². The minimum Gasteiger partial charge on any atom is -0.493 e. The SMILES string of the molecule is COc1cc(NC(=O)CCN(Cc2ccccc2)CC2CCC2)cc(OC)c1OC. The number of methoxy groups -OCH3 is 3. The topological polar surface area (TPSA) is 60.0 Å². The highest BCUT2D eigenvalue weighted by atomic mass is 16.5. The van der Waals surface area contributed by atoms with Gasteiger partial charge in [0.1, 0.15) is 0 Å². The Morgan fingerprint density at radius 3 is 2.23 bits per heavy atom. The van der Waals surface area contributed by atoms with E-state index in [9.17, 15) is 4.79 Å². The van der Waals surface area contributed by atoms with Gasteiger partial charge in [-0.15, -0.1) is 0 Å². The van der Waals surface area contributed by atoms with Crippen LogP contribution in [0.1, 0.15) is 31.2 Å². The minimum atomic E-state index is -0.0315. The zero-order chi connectivity index (χ0) is 21.3. The van der Waals surface area contributed by atoms with Crippen molar-refractivity contribution in [3.05, 3.63) is 48.0 Å². The Hall–Kier alpha value is -2.73. The molecular weight excluding hydrogens is 380 g/mol. The number of ether oxygens (including phenoxy) is 3. The van der Waals surface area contributed by atoms with Crippen molar-refractivity contribution in [3.8, 4) is 17.2 Å². The number of nitrogens with zero attached hydrogens (tertiary/aromatic N) is 1. The van der Waals surface area contributed by atoms with Crippen molar-refractivity contribution in [1.82, 2.24) is 4.90 Å². The summed E-state index contributed by atoms with van der Waals surface area (Å²) in [6.07, 6.45) is 4.34. The summed E-state index contributed by atoms with van der Waals surface area (Å²) in [4.78, 5) is 15.0. The molecule has 0 saturated heterocycles. The third kappa shape index (κ3) is 5.89. The molecular formula is C24H32N2O4. The van der Waals surface area contributed by atoms with E-state index in [1.54, 1.807) is 33.5 Å². The van der Waals surface area contributed by atoms with Crippen LogP contribution in [-0.2, 0) is 11.3 Å². The fourth-order valence-electron chi connectivity index (χ4n) is 3.75. The van der Waals surface area contributed by atoms with Crippen LogP contribution in [0.15, 0.2) is 42.5 Å². The van der Waals surface area contributed by atoms with E-state index in [0.29, 0.717) is 29.4 Å². The number of hydrogen-bond acceptors (Lipinski definition) is 5. The molecule has 162 valence electrons. The molecule has 6 nitrogen and oxygen atoms in total. The maximum atomic E-state index is 12.6. The summed E-state index contributed by atoms with van der Waals surface area (Å²) >= 11 is 0. The van der Waals surface area contributed by atoms with Crippen molar-refractivity contribution in [2.75, 3.05) is 39.7 Å². The monoisotopic (exact) mass is 412 g/mol. The van der Waals surface area contributed by atoms with Crippen LogP contribution >= 0.6 is 0 Å². The smallest absolute Gasteiger partial charge is 0.225 e. The number of rotatable bonds is 11. The third-order valence-electron chi connectivity index (χ3n) is 5.59. The van der Waals surface area contributed by atoms with E-state index >= 15 is 0 Å². The molecule has 1 aliphatic rings. The molecule has 0 spiro atoms. The average molecular weight is 413 g/mol. The molecule has 2 aromatic rings. The van der Waals surface area contributed by atoms with E-state index < -0.39 is 0 Å². The van der Waals surface area contributed by atoms with Gasteiger partial charge in [-0.25, -0.2) is 0 Å². The molecule has 0 aliphatic heterocycles. The number of benzene rings is 2. The Bertz CT molecular complexity index is 796. The number of carbonyl (C=O) groups excluding carboxylic acids is 1. The summed E-state index contributed by atoms with van der Waals surface area (Å²) in [6.45, 7) is 2.64. The molecule has 3 rings (SSSR count). The third-order valence-corrected chi connectivity index (χ3v) is 5.59. The van der Waals surface area contributed by atoms with Crippen LogP contribution in [0, 0.1) is 5.92 Å². The van der Waals surface area contributed by atoms with Gasteiger partial charge in [0.15, 0.2) is 11.5 Å². The zero-order valence-corrected chi connectivity index (χ0v) is 18.1. The predicted octanol–water partition coefficient (Wildman–Crippen LogP) is 4.34. The maximum absolute atomic E-state index is 12.6. The lowest BCUT2D eigenvalue weighted by atomic mass is 9.85. The molecule has 0 atom stereocenters. The van der Waals surface area contributed by atoms with E-state index in [1.807, 2.05) is 6.07 Å². The molecule has 0 heterocycles.